The molecular formula is C15H24F4O4. The lowest BCUT2D eigenvalue weighted by Crippen LogP contribution is -2.33. The zero-order chi connectivity index (χ0) is 18.3. The highest BCUT2D eigenvalue weighted by Gasteiger charge is 2.42. The van der Waals surface area contributed by atoms with Crippen LogP contribution in [-0.2, 0) is 19.1 Å². The fraction of sp³-hybridized carbons (Fsp3) is 0.867. The molecule has 0 amide bonds. The number of hydrogen-bond acceptors (Lipinski definition) is 4. The first-order chi connectivity index (χ1) is 10.3. The topological polar surface area (TPSA) is 52.6 Å². The van der Waals surface area contributed by atoms with Crippen LogP contribution in [0.15, 0.2) is 0 Å². The number of esters is 2. The van der Waals surface area contributed by atoms with E-state index in [1.807, 2.05) is 6.92 Å². The minimum atomic E-state index is -4.39. The zero-order valence-electron chi connectivity index (χ0n) is 13.8. The summed E-state index contributed by atoms with van der Waals surface area (Å²) in [6.45, 7) is 6.55. The molecule has 0 saturated heterocycles. The number of halogens is 4. The van der Waals surface area contributed by atoms with Gasteiger partial charge in [-0.15, -0.1) is 0 Å². The molecular weight excluding hydrogens is 320 g/mol. The van der Waals surface area contributed by atoms with E-state index in [0.717, 1.165) is 6.42 Å². The second-order valence-electron chi connectivity index (χ2n) is 6.78. The molecule has 0 bridgehead atoms. The molecule has 136 valence electrons. The molecule has 1 atom stereocenters. The van der Waals surface area contributed by atoms with Crippen molar-refractivity contribution in [2.75, 3.05) is 13.2 Å². The zero-order valence-corrected chi connectivity index (χ0v) is 13.8. The van der Waals surface area contributed by atoms with Crippen molar-refractivity contribution in [1.82, 2.24) is 0 Å². The molecule has 0 N–H and O–H groups in total. The molecule has 0 aromatic carbocycles. The predicted molar refractivity (Wildman–Crippen MR) is 75.3 cm³/mol. The quantitative estimate of drug-likeness (QED) is 0.471. The van der Waals surface area contributed by atoms with Gasteiger partial charge < -0.3 is 9.47 Å². The van der Waals surface area contributed by atoms with Crippen molar-refractivity contribution in [2.24, 2.45) is 11.3 Å². The third-order valence-corrected chi connectivity index (χ3v) is 2.77. The SMILES string of the molecule is CC(COC(=O)CCC(=O)OCC(F)(F)C(F)F)CC(C)(C)C. The van der Waals surface area contributed by atoms with Crippen molar-refractivity contribution < 1.29 is 36.6 Å². The van der Waals surface area contributed by atoms with Crippen LogP contribution in [-0.4, -0.2) is 37.5 Å². The fourth-order valence-corrected chi connectivity index (χ4v) is 1.93. The summed E-state index contributed by atoms with van der Waals surface area (Å²) < 4.78 is 57.8. The van der Waals surface area contributed by atoms with E-state index < -0.39 is 37.3 Å². The number of rotatable bonds is 9. The summed E-state index contributed by atoms with van der Waals surface area (Å²) in [7, 11) is 0. The lowest BCUT2D eigenvalue weighted by atomic mass is 9.86. The van der Waals surface area contributed by atoms with E-state index in [2.05, 4.69) is 25.5 Å². The third-order valence-electron chi connectivity index (χ3n) is 2.77. The summed E-state index contributed by atoms with van der Waals surface area (Å²) in [4.78, 5) is 22.6. The van der Waals surface area contributed by atoms with E-state index in [0.29, 0.717) is 0 Å². The number of carbonyl (C=O) groups is 2. The van der Waals surface area contributed by atoms with Gasteiger partial charge in [0, 0.05) is 0 Å². The largest absolute Gasteiger partial charge is 0.465 e. The Bertz CT molecular complexity index is 391. The van der Waals surface area contributed by atoms with Crippen LogP contribution in [0.25, 0.3) is 0 Å². The van der Waals surface area contributed by atoms with Crippen LogP contribution in [0, 0.1) is 11.3 Å². The molecule has 0 aliphatic carbocycles. The molecule has 4 nitrogen and oxygen atoms in total. The Hall–Kier alpha value is -1.34. The molecule has 0 saturated carbocycles. The van der Waals surface area contributed by atoms with Crippen molar-refractivity contribution in [3.8, 4) is 0 Å². The number of hydrogen-bond donors (Lipinski definition) is 0. The van der Waals surface area contributed by atoms with Crippen LogP contribution in [0.2, 0.25) is 0 Å². The fourth-order valence-electron chi connectivity index (χ4n) is 1.93. The molecule has 0 aromatic heterocycles. The van der Waals surface area contributed by atoms with Gasteiger partial charge in [0.05, 0.1) is 19.4 Å². The molecule has 0 spiro atoms. The van der Waals surface area contributed by atoms with Crippen LogP contribution in [0.1, 0.15) is 47.0 Å². The molecule has 0 heterocycles. The summed E-state index contributed by atoms with van der Waals surface area (Å²) in [5.74, 6) is -6.07. The highest BCUT2D eigenvalue weighted by Crippen LogP contribution is 2.24. The number of alkyl halides is 4. The van der Waals surface area contributed by atoms with Crippen molar-refractivity contribution in [3.63, 3.8) is 0 Å². The molecule has 0 aliphatic rings. The summed E-state index contributed by atoms with van der Waals surface area (Å²) in [5.41, 5.74) is 0.0888. The Labute approximate surface area is 133 Å². The van der Waals surface area contributed by atoms with Crippen molar-refractivity contribution in [1.29, 1.82) is 0 Å². The minimum Gasteiger partial charge on any atom is -0.465 e. The van der Waals surface area contributed by atoms with Gasteiger partial charge >= 0.3 is 24.3 Å². The molecule has 8 heteroatoms. The van der Waals surface area contributed by atoms with Gasteiger partial charge in [-0.3, -0.25) is 9.59 Å². The summed E-state index contributed by atoms with van der Waals surface area (Å²) in [6, 6.07) is 0. The molecule has 1 unspecified atom stereocenters. The van der Waals surface area contributed by atoms with Gasteiger partial charge in [0.1, 0.15) is 0 Å². The maximum Gasteiger partial charge on any atom is 0.340 e. The summed E-state index contributed by atoms with van der Waals surface area (Å²) >= 11 is 0. The minimum absolute atomic E-state index is 0.0888. The number of carbonyl (C=O) groups excluding carboxylic acids is 2. The molecule has 0 aliphatic heterocycles. The Balaban J connectivity index is 3.95. The first-order valence-electron chi connectivity index (χ1n) is 7.30. The highest BCUT2D eigenvalue weighted by atomic mass is 19.3. The van der Waals surface area contributed by atoms with Crippen LogP contribution in [0.4, 0.5) is 17.6 Å². The molecule has 0 aromatic rings. The van der Waals surface area contributed by atoms with Gasteiger partial charge in [-0.1, -0.05) is 27.7 Å². The number of ether oxygens (including phenoxy) is 2. The Morgan fingerprint density at radius 2 is 1.48 bits per heavy atom. The highest BCUT2D eigenvalue weighted by molar-refractivity contribution is 5.77. The predicted octanol–water partition coefficient (Wildman–Crippen LogP) is 3.83. The van der Waals surface area contributed by atoms with Crippen molar-refractivity contribution in [3.05, 3.63) is 0 Å². The smallest absolute Gasteiger partial charge is 0.340 e. The van der Waals surface area contributed by atoms with E-state index in [9.17, 15) is 27.2 Å². The Morgan fingerprint density at radius 1 is 1.00 bits per heavy atom. The van der Waals surface area contributed by atoms with Crippen LogP contribution < -0.4 is 0 Å². The van der Waals surface area contributed by atoms with E-state index in [-0.39, 0.29) is 24.4 Å². The Morgan fingerprint density at radius 3 is 1.91 bits per heavy atom. The van der Waals surface area contributed by atoms with Gasteiger partial charge in [-0.25, -0.2) is 8.78 Å². The standard InChI is InChI=1S/C15H24F4O4/c1-10(7-14(2,3)4)8-22-11(20)5-6-12(21)23-9-15(18,19)13(16)17/h10,13H,5-9H2,1-4H3. The maximum atomic E-state index is 12.5. The molecule has 0 rings (SSSR count). The first-order valence-corrected chi connectivity index (χ1v) is 7.30. The lowest BCUT2D eigenvalue weighted by molar-refractivity contribution is -0.180. The van der Waals surface area contributed by atoms with Crippen LogP contribution in [0.3, 0.4) is 0 Å². The monoisotopic (exact) mass is 344 g/mol. The van der Waals surface area contributed by atoms with E-state index in [4.69, 9.17) is 4.74 Å². The molecule has 0 radical (unpaired) electrons. The average Bonchev–Trinajstić information content (AvgIpc) is 2.38. The van der Waals surface area contributed by atoms with Gasteiger partial charge in [-0.05, 0) is 17.8 Å². The van der Waals surface area contributed by atoms with Gasteiger partial charge in [0.2, 0.25) is 0 Å². The lowest BCUT2D eigenvalue weighted by Gasteiger charge is -2.22. The second-order valence-corrected chi connectivity index (χ2v) is 6.78. The van der Waals surface area contributed by atoms with Crippen molar-refractivity contribution >= 4 is 11.9 Å². The van der Waals surface area contributed by atoms with Crippen LogP contribution >= 0.6 is 0 Å². The van der Waals surface area contributed by atoms with Gasteiger partial charge in [0.25, 0.3) is 0 Å². The van der Waals surface area contributed by atoms with Gasteiger partial charge in [-0.2, -0.15) is 8.78 Å². The molecule has 0 fully saturated rings. The van der Waals surface area contributed by atoms with E-state index in [1.54, 1.807) is 0 Å². The summed E-state index contributed by atoms with van der Waals surface area (Å²) in [6.07, 6.45) is -3.91. The van der Waals surface area contributed by atoms with E-state index >= 15 is 0 Å². The van der Waals surface area contributed by atoms with Crippen molar-refractivity contribution in [2.45, 2.75) is 59.3 Å². The molecule has 23 heavy (non-hydrogen) atoms. The third kappa shape index (κ3) is 10.9. The van der Waals surface area contributed by atoms with E-state index in [1.165, 1.54) is 0 Å². The normalized spacial score (nSPS) is 13.8. The average molecular weight is 344 g/mol. The maximum absolute atomic E-state index is 12.5. The first kappa shape index (κ1) is 21.7. The van der Waals surface area contributed by atoms with Gasteiger partial charge in [0.15, 0.2) is 6.61 Å². The summed E-state index contributed by atoms with van der Waals surface area (Å²) in [5, 5.41) is 0. The van der Waals surface area contributed by atoms with Crippen LogP contribution in [0.5, 0.6) is 0 Å². The Kier molecular flexibility index (Phi) is 8.55. The second kappa shape index (κ2) is 9.08.